The monoisotopic (exact) mass is 362 g/mol. The van der Waals surface area contributed by atoms with E-state index in [0.29, 0.717) is 13.2 Å². The molecular weight excluding hydrogens is 328 g/mol. The lowest BCUT2D eigenvalue weighted by atomic mass is 10.1. The molecule has 0 saturated carbocycles. The van der Waals surface area contributed by atoms with Gasteiger partial charge in [0, 0.05) is 0 Å². The molecule has 26 heavy (non-hydrogen) atoms. The molecule has 0 bridgehead atoms. The fraction of sp³-hybridized carbons (Fsp3) is 0.636. The van der Waals surface area contributed by atoms with E-state index in [-0.39, 0.29) is 17.0 Å². The van der Waals surface area contributed by atoms with E-state index in [2.05, 4.69) is 6.92 Å². The first-order valence-electron chi connectivity index (χ1n) is 9.99. The Balaban J connectivity index is 2.35. The highest BCUT2D eigenvalue weighted by atomic mass is 16.5. The fourth-order valence-corrected chi connectivity index (χ4v) is 2.64. The second-order valence-electron chi connectivity index (χ2n) is 7.15. The number of hydrogen-bond donors (Lipinski definition) is 0. The van der Waals surface area contributed by atoms with Gasteiger partial charge in [0.2, 0.25) is 0 Å². The van der Waals surface area contributed by atoms with Crippen LogP contribution in [0.15, 0.2) is 24.3 Å². The number of carbonyl (C=O) groups excluding carboxylic acids is 2. The van der Waals surface area contributed by atoms with E-state index in [4.69, 9.17) is 9.47 Å². The van der Waals surface area contributed by atoms with Crippen molar-refractivity contribution in [1.82, 2.24) is 0 Å². The molecule has 4 heteroatoms. The van der Waals surface area contributed by atoms with Crippen LogP contribution in [0.1, 0.15) is 92.9 Å². The molecule has 0 aliphatic heterocycles. The third kappa shape index (κ3) is 9.02. The summed E-state index contributed by atoms with van der Waals surface area (Å²) in [5.41, 5.74) is 0.551. The van der Waals surface area contributed by atoms with Gasteiger partial charge >= 0.3 is 11.9 Å². The Hall–Kier alpha value is -1.84. The van der Waals surface area contributed by atoms with E-state index >= 15 is 0 Å². The molecule has 0 aromatic heterocycles. The maximum atomic E-state index is 12.3. The average Bonchev–Trinajstić information content (AvgIpc) is 2.64. The lowest BCUT2D eigenvalue weighted by Gasteiger charge is -2.11. The summed E-state index contributed by atoms with van der Waals surface area (Å²) in [6.45, 7) is 6.88. The van der Waals surface area contributed by atoms with Gasteiger partial charge in [0.1, 0.15) is 0 Å². The van der Waals surface area contributed by atoms with Crippen LogP contribution < -0.4 is 0 Å². The molecule has 146 valence electrons. The summed E-state index contributed by atoms with van der Waals surface area (Å²) < 4.78 is 10.6. The minimum absolute atomic E-state index is 0.250. The fourth-order valence-electron chi connectivity index (χ4n) is 2.64. The molecule has 0 radical (unpaired) electrons. The largest absolute Gasteiger partial charge is 0.462 e. The molecule has 0 aliphatic carbocycles. The Bertz CT molecular complexity index is 537. The van der Waals surface area contributed by atoms with Crippen molar-refractivity contribution in [2.75, 3.05) is 13.2 Å². The van der Waals surface area contributed by atoms with Crippen LogP contribution in [0.3, 0.4) is 0 Å². The first-order valence-corrected chi connectivity index (χ1v) is 9.99. The van der Waals surface area contributed by atoms with Gasteiger partial charge in [-0.15, -0.1) is 0 Å². The highest BCUT2D eigenvalue weighted by Gasteiger charge is 2.19. The van der Waals surface area contributed by atoms with Crippen LogP contribution in [0.5, 0.6) is 0 Å². The standard InChI is InChI=1S/C22H34O4/c1-4-5-6-7-8-9-10-13-16-25-21(23)19-14-11-12-15-20(19)22(24)26-17-18(2)3/h11-12,14-15,18H,4-10,13,16-17H2,1-3H3. The topological polar surface area (TPSA) is 52.6 Å². The van der Waals surface area contributed by atoms with Gasteiger partial charge in [0.25, 0.3) is 0 Å². The van der Waals surface area contributed by atoms with Gasteiger partial charge in [-0.1, -0.05) is 77.8 Å². The molecular formula is C22H34O4. The first kappa shape index (κ1) is 22.2. The summed E-state index contributed by atoms with van der Waals surface area (Å²) in [7, 11) is 0. The average molecular weight is 363 g/mol. The SMILES string of the molecule is CCCCCCCCCCOC(=O)c1ccccc1C(=O)OCC(C)C. The van der Waals surface area contributed by atoms with Crippen molar-refractivity contribution in [2.24, 2.45) is 5.92 Å². The molecule has 0 aliphatic rings. The summed E-state index contributed by atoms with van der Waals surface area (Å²) in [4.78, 5) is 24.5. The lowest BCUT2D eigenvalue weighted by molar-refractivity contribution is 0.0427. The third-order valence-corrected chi connectivity index (χ3v) is 4.15. The van der Waals surface area contributed by atoms with E-state index in [1.807, 2.05) is 13.8 Å². The minimum Gasteiger partial charge on any atom is -0.462 e. The zero-order valence-corrected chi connectivity index (χ0v) is 16.6. The molecule has 0 atom stereocenters. The zero-order chi connectivity index (χ0) is 19.2. The van der Waals surface area contributed by atoms with Crippen molar-refractivity contribution in [1.29, 1.82) is 0 Å². The number of ether oxygens (including phenoxy) is 2. The molecule has 1 aromatic carbocycles. The number of hydrogen-bond acceptors (Lipinski definition) is 4. The Morgan fingerprint density at radius 3 is 1.85 bits per heavy atom. The highest BCUT2D eigenvalue weighted by molar-refractivity contribution is 6.03. The number of benzene rings is 1. The predicted octanol–water partition coefficient (Wildman–Crippen LogP) is 5.80. The number of rotatable bonds is 13. The second-order valence-corrected chi connectivity index (χ2v) is 7.15. The molecule has 0 N–H and O–H groups in total. The Morgan fingerprint density at radius 2 is 1.31 bits per heavy atom. The predicted molar refractivity (Wildman–Crippen MR) is 104 cm³/mol. The number of esters is 2. The molecule has 0 spiro atoms. The van der Waals surface area contributed by atoms with Gasteiger partial charge < -0.3 is 9.47 Å². The van der Waals surface area contributed by atoms with Crippen molar-refractivity contribution < 1.29 is 19.1 Å². The Kier molecular flexibility index (Phi) is 11.4. The smallest absolute Gasteiger partial charge is 0.339 e. The maximum Gasteiger partial charge on any atom is 0.339 e. The third-order valence-electron chi connectivity index (χ3n) is 4.15. The van der Waals surface area contributed by atoms with Gasteiger partial charge in [-0.3, -0.25) is 0 Å². The highest BCUT2D eigenvalue weighted by Crippen LogP contribution is 2.14. The van der Waals surface area contributed by atoms with Crippen LogP contribution in [0.4, 0.5) is 0 Å². The maximum absolute atomic E-state index is 12.3. The molecule has 1 aromatic rings. The second kappa shape index (κ2) is 13.4. The van der Waals surface area contributed by atoms with Gasteiger partial charge in [-0.05, 0) is 24.5 Å². The van der Waals surface area contributed by atoms with Gasteiger partial charge in [0.05, 0.1) is 24.3 Å². The first-order chi connectivity index (χ1) is 12.6. The molecule has 0 saturated heterocycles. The van der Waals surface area contributed by atoms with Crippen molar-refractivity contribution in [3.63, 3.8) is 0 Å². The summed E-state index contributed by atoms with van der Waals surface area (Å²) in [5.74, 6) is -0.677. The summed E-state index contributed by atoms with van der Waals surface area (Å²) >= 11 is 0. The zero-order valence-electron chi connectivity index (χ0n) is 16.6. The van der Waals surface area contributed by atoms with Gasteiger partial charge in [-0.2, -0.15) is 0 Å². The van der Waals surface area contributed by atoms with Crippen LogP contribution in [0.25, 0.3) is 0 Å². The van der Waals surface area contributed by atoms with Crippen LogP contribution in [-0.2, 0) is 9.47 Å². The van der Waals surface area contributed by atoms with Crippen molar-refractivity contribution in [3.05, 3.63) is 35.4 Å². The van der Waals surface area contributed by atoms with Crippen LogP contribution >= 0.6 is 0 Å². The van der Waals surface area contributed by atoms with E-state index in [0.717, 1.165) is 12.8 Å². The summed E-state index contributed by atoms with van der Waals surface area (Å²) in [5, 5.41) is 0. The van der Waals surface area contributed by atoms with E-state index < -0.39 is 11.9 Å². The van der Waals surface area contributed by atoms with E-state index in [9.17, 15) is 9.59 Å². The minimum atomic E-state index is -0.474. The van der Waals surface area contributed by atoms with Crippen molar-refractivity contribution in [3.8, 4) is 0 Å². The summed E-state index contributed by atoms with van der Waals surface area (Å²) in [6.07, 6.45) is 9.54. The Labute approximate surface area is 158 Å². The van der Waals surface area contributed by atoms with Crippen LogP contribution in [0.2, 0.25) is 0 Å². The van der Waals surface area contributed by atoms with Gasteiger partial charge in [-0.25, -0.2) is 9.59 Å². The molecule has 4 nitrogen and oxygen atoms in total. The van der Waals surface area contributed by atoms with Crippen molar-refractivity contribution in [2.45, 2.75) is 72.1 Å². The molecule has 1 rings (SSSR count). The van der Waals surface area contributed by atoms with Crippen LogP contribution in [-0.4, -0.2) is 25.2 Å². The normalized spacial score (nSPS) is 10.8. The van der Waals surface area contributed by atoms with E-state index in [1.165, 1.54) is 38.5 Å². The van der Waals surface area contributed by atoms with E-state index in [1.54, 1.807) is 24.3 Å². The quantitative estimate of drug-likeness (QED) is 0.329. The van der Waals surface area contributed by atoms with Crippen LogP contribution in [0, 0.1) is 5.92 Å². The summed E-state index contributed by atoms with van der Waals surface area (Å²) in [6, 6.07) is 6.67. The lowest BCUT2D eigenvalue weighted by Crippen LogP contribution is -2.16. The molecule has 0 fully saturated rings. The van der Waals surface area contributed by atoms with Crippen molar-refractivity contribution >= 4 is 11.9 Å². The molecule has 0 heterocycles. The number of carbonyl (C=O) groups is 2. The molecule has 0 amide bonds. The Morgan fingerprint density at radius 1 is 0.808 bits per heavy atom. The van der Waals surface area contributed by atoms with Gasteiger partial charge in [0.15, 0.2) is 0 Å². The molecule has 0 unspecified atom stereocenters. The number of unbranched alkanes of at least 4 members (excludes halogenated alkanes) is 7.